The number of aromatic nitrogens is 1. The zero-order valence-corrected chi connectivity index (χ0v) is 27.9. The van der Waals surface area contributed by atoms with Gasteiger partial charge in [-0.3, -0.25) is 24.1 Å². The molecule has 0 radical (unpaired) electrons. The molecular formula is C33H23Cl3FN3O5S2. The van der Waals surface area contributed by atoms with Gasteiger partial charge >= 0.3 is 4.87 Å². The highest BCUT2D eigenvalue weighted by atomic mass is 35.5. The van der Waals surface area contributed by atoms with Crippen molar-refractivity contribution in [1.29, 1.82) is 0 Å². The largest absolute Gasteiger partial charge is 0.483 e. The summed E-state index contributed by atoms with van der Waals surface area (Å²) in [6.45, 7) is -0.322. The van der Waals surface area contributed by atoms with E-state index in [0.717, 1.165) is 21.2 Å². The molecular weight excluding hydrogens is 708 g/mol. The Hall–Kier alpha value is -3.35. The van der Waals surface area contributed by atoms with Crippen molar-refractivity contribution in [1.82, 2.24) is 4.98 Å². The summed E-state index contributed by atoms with van der Waals surface area (Å²) in [5.41, 5.74) is 1.51. The van der Waals surface area contributed by atoms with Crippen molar-refractivity contribution >= 4 is 87.0 Å². The van der Waals surface area contributed by atoms with Crippen LogP contribution in [0.1, 0.15) is 22.8 Å². The van der Waals surface area contributed by atoms with Gasteiger partial charge in [-0.15, -0.1) is 11.8 Å². The summed E-state index contributed by atoms with van der Waals surface area (Å²) >= 11 is 21.3. The third kappa shape index (κ3) is 5.09. The Morgan fingerprint density at radius 2 is 1.70 bits per heavy atom. The first-order chi connectivity index (χ1) is 22.6. The summed E-state index contributed by atoms with van der Waals surface area (Å²) in [6.07, 6.45) is 0.685. The number of aromatic amines is 1. The first kappa shape index (κ1) is 31.0. The Labute approximate surface area is 290 Å². The molecule has 2 aliphatic carbocycles. The van der Waals surface area contributed by atoms with Crippen molar-refractivity contribution in [3.8, 4) is 5.75 Å². The number of nitrogens with one attached hydrogen (secondary N) is 2. The summed E-state index contributed by atoms with van der Waals surface area (Å²) < 4.78 is 19.8. The number of carbonyl (C=O) groups is 3. The highest BCUT2D eigenvalue weighted by Gasteiger charge is 2.69. The van der Waals surface area contributed by atoms with E-state index in [-0.39, 0.29) is 52.2 Å². The minimum absolute atomic E-state index is 0.0706. The van der Waals surface area contributed by atoms with Gasteiger partial charge in [-0.05, 0) is 84.8 Å². The Bertz CT molecular complexity index is 2040. The molecule has 3 amide bonds. The second-order valence-electron chi connectivity index (χ2n) is 12.1. The molecule has 2 saturated carbocycles. The highest BCUT2D eigenvalue weighted by Crippen LogP contribution is 2.69. The Kier molecular flexibility index (Phi) is 7.68. The fraction of sp³-hybridized carbons (Fsp3) is 0.273. The number of hydrogen-bond donors (Lipinski definition) is 2. The van der Waals surface area contributed by atoms with Crippen molar-refractivity contribution in [2.45, 2.75) is 22.6 Å². The first-order valence-corrected chi connectivity index (χ1v) is 17.6. The van der Waals surface area contributed by atoms with Crippen LogP contribution in [0.5, 0.6) is 5.75 Å². The molecule has 3 aromatic carbocycles. The average Bonchev–Trinajstić information content (AvgIpc) is 3.78. The van der Waals surface area contributed by atoms with E-state index in [0.29, 0.717) is 44.2 Å². The molecule has 240 valence electrons. The number of anilines is 2. The lowest BCUT2D eigenvalue weighted by Crippen LogP contribution is -2.42. The SMILES string of the molecule is O=C(COc1ccc(Cl)cc1[C@@H]1c2sc(=O)[nH]c2S[C@@H]2[C@@H]3C[C@@H]([C@@H]4C(=O)N(c5ccc(F)cc5)C(=O)[C@@H]34)[C@H]12)Nc1ccc(Cl)c(Cl)c1. The highest BCUT2D eigenvalue weighted by molar-refractivity contribution is 8.00. The summed E-state index contributed by atoms with van der Waals surface area (Å²) in [5, 5.41) is 4.51. The van der Waals surface area contributed by atoms with Crippen molar-refractivity contribution in [3.05, 3.63) is 102 Å². The fourth-order valence-electron chi connectivity index (χ4n) is 8.02. The average molecular weight is 731 g/mol. The lowest BCUT2D eigenvalue weighted by atomic mass is 9.68. The molecule has 0 spiro atoms. The van der Waals surface area contributed by atoms with E-state index in [2.05, 4.69) is 10.3 Å². The molecule has 14 heteroatoms. The minimum Gasteiger partial charge on any atom is -0.483 e. The number of fused-ring (bicyclic) bond motifs is 9. The fourth-order valence-corrected chi connectivity index (χ4v) is 11.4. The molecule has 4 aliphatic rings. The second-order valence-corrected chi connectivity index (χ2v) is 15.6. The van der Waals surface area contributed by atoms with Gasteiger partial charge in [0.25, 0.3) is 5.91 Å². The quantitative estimate of drug-likeness (QED) is 0.203. The van der Waals surface area contributed by atoms with Gasteiger partial charge in [-0.1, -0.05) is 46.1 Å². The maximum absolute atomic E-state index is 14.0. The number of thioether (sulfide) groups is 1. The number of halogens is 4. The summed E-state index contributed by atoms with van der Waals surface area (Å²) in [6, 6.07) is 15.3. The smallest absolute Gasteiger partial charge is 0.305 e. The number of hydrogen-bond acceptors (Lipinski definition) is 7. The molecule has 8 rings (SSSR count). The molecule has 1 aromatic heterocycles. The zero-order chi connectivity index (χ0) is 32.7. The van der Waals surface area contributed by atoms with E-state index in [1.165, 1.54) is 29.2 Å². The number of benzene rings is 3. The van der Waals surface area contributed by atoms with Crippen LogP contribution in [-0.2, 0) is 14.4 Å². The molecule has 0 unspecified atom stereocenters. The van der Waals surface area contributed by atoms with E-state index in [9.17, 15) is 23.6 Å². The molecule has 4 aromatic rings. The van der Waals surface area contributed by atoms with Gasteiger partial charge in [-0.25, -0.2) is 4.39 Å². The molecule has 8 nitrogen and oxygen atoms in total. The van der Waals surface area contributed by atoms with Crippen molar-refractivity contribution in [3.63, 3.8) is 0 Å². The zero-order valence-electron chi connectivity index (χ0n) is 24.0. The minimum atomic E-state index is -0.542. The standard InChI is InChI=1S/C33H23Cl3FN3O5S2/c34-13-1-8-22(45-12-23(41)38-15-4-7-20(35)21(36)10-15)17(9-13)24-25-18-11-19(28(25)46-30-29(24)47-33(44)39-30)27-26(18)31(42)40(32(27)43)16-5-2-14(37)3-6-16/h1-10,18-19,24-28H,11-12H2,(H,38,41)(H,39,44)/t18-,19-,24+,25-,26+,27+,28-/m1/s1. The molecule has 2 aliphatic heterocycles. The maximum atomic E-state index is 14.0. The molecule has 3 fully saturated rings. The van der Waals surface area contributed by atoms with Crippen LogP contribution in [0, 0.1) is 35.4 Å². The van der Waals surface area contributed by atoms with Gasteiger partial charge in [0.1, 0.15) is 11.6 Å². The normalized spacial score (nSPS) is 27.1. The van der Waals surface area contributed by atoms with E-state index < -0.39 is 23.6 Å². The Morgan fingerprint density at radius 1 is 0.957 bits per heavy atom. The molecule has 2 bridgehead atoms. The topological polar surface area (TPSA) is 109 Å². The van der Waals surface area contributed by atoms with Crippen LogP contribution in [0.4, 0.5) is 15.8 Å². The third-order valence-electron chi connectivity index (χ3n) is 9.68. The van der Waals surface area contributed by atoms with Crippen LogP contribution in [0.3, 0.4) is 0 Å². The molecule has 7 atom stereocenters. The predicted octanol–water partition coefficient (Wildman–Crippen LogP) is 7.23. The molecule has 2 N–H and O–H groups in total. The van der Waals surface area contributed by atoms with Crippen molar-refractivity contribution in [2.24, 2.45) is 29.6 Å². The lowest BCUT2D eigenvalue weighted by Gasteiger charge is -2.43. The number of rotatable bonds is 6. The van der Waals surface area contributed by atoms with Gasteiger partial charge in [0.05, 0.1) is 32.6 Å². The predicted molar refractivity (Wildman–Crippen MR) is 179 cm³/mol. The lowest BCUT2D eigenvalue weighted by molar-refractivity contribution is -0.123. The van der Waals surface area contributed by atoms with Crippen LogP contribution >= 0.6 is 57.9 Å². The van der Waals surface area contributed by atoms with Gasteiger partial charge in [0.2, 0.25) is 11.8 Å². The van der Waals surface area contributed by atoms with Crippen LogP contribution in [0.15, 0.2) is 70.5 Å². The number of H-pyrrole nitrogens is 1. The van der Waals surface area contributed by atoms with Gasteiger partial charge in [0.15, 0.2) is 6.61 Å². The Balaban J connectivity index is 1.13. The van der Waals surface area contributed by atoms with Crippen LogP contribution in [-0.4, -0.2) is 34.6 Å². The maximum Gasteiger partial charge on any atom is 0.305 e. The number of amides is 3. The second kappa shape index (κ2) is 11.7. The van der Waals surface area contributed by atoms with Crippen LogP contribution < -0.4 is 19.8 Å². The monoisotopic (exact) mass is 729 g/mol. The van der Waals surface area contributed by atoms with Crippen molar-refractivity contribution in [2.75, 3.05) is 16.8 Å². The molecule has 47 heavy (non-hydrogen) atoms. The van der Waals surface area contributed by atoms with E-state index >= 15 is 0 Å². The van der Waals surface area contributed by atoms with Crippen LogP contribution in [0.2, 0.25) is 15.1 Å². The number of imide groups is 1. The third-order valence-corrected chi connectivity index (χ3v) is 13.2. The molecule has 3 heterocycles. The van der Waals surface area contributed by atoms with E-state index in [1.807, 2.05) is 0 Å². The first-order valence-electron chi connectivity index (χ1n) is 14.8. The number of thiazole rings is 1. The number of ether oxygens (including phenoxy) is 1. The van der Waals surface area contributed by atoms with Gasteiger partial charge in [0, 0.05) is 32.3 Å². The number of carbonyl (C=O) groups excluding carboxylic acids is 3. The van der Waals surface area contributed by atoms with Gasteiger partial charge in [-0.2, -0.15) is 0 Å². The van der Waals surface area contributed by atoms with E-state index in [4.69, 9.17) is 39.5 Å². The van der Waals surface area contributed by atoms with Crippen molar-refractivity contribution < 1.29 is 23.5 Å². The summed E-state index contributed by atoms with van der Waals surface area (Å²) in [7, 11) is 0. The summed E-state index contributed by atoms with van der Waals surface area (Å²) in [5.74, 6) is -2.83. The summed E-state index contributed by atoms with van der Waals surface area (Å²) in [4.78, 5) is 58.2. The van der Waals surface area contributed by atoms with Gasteiger partial charge < -0.3 is 15.0 Å². The Morgan fingerprint density at radius 3 is 2.45 bits per heavy atom. The number of nitrogens with zero attached hydrogens (tertiary/aromatic N) is 1. The molecule has 1 saturated heterocycles. The van der Waals surface area contributed by atoms with Crippen LogP contribution in [0.25, 0.3) is 0 Å². The van der Waals surface area contributed by atoms with E-state index in [1.54, 1.807) is 48.2 Å².